The minimum Gasteiger partial charge on any atom is -0.481 e. The maximum atomic E-state index is 13.6. The zero-order chi connectivity index (χ0) is 33.0. The van der Waals surface area contributed by atoms with Crippen molar-refractivity contribution in [3.8, 4) is 11.3 Å². The minimum atomic E-state index is -4.69. The molecule has 2 aromatic carbocycles. The topological polar surface area (TPSA) is 95.9 Å². The Bertz CT molecular complexity index is 1530. The van der Waals surface area contributed by atoms with Gasteiger partial charge < -0.3 is 14.7 Å². The second kappa shape index (κ2) is 14.0. The third-order valence-electron chi connectivity index (χ3n) is 9.02. The maximum Gasteiger partial charge on any atom is 0.416 e. The van der Waals surface area contributed by atoms with E-state index in [1.807, 2.05) is 37.3 Å². The van der Waals surface area contributed by atoms with E-state index < -0.39 is 42.6 Å². The number of alkyl halides is 4. The van der Waals surface area contributed by atoms with Crippen LogP contribution in [-0.4, -0.2) is 51.2 Å². The highest BCUT2D eigenvalue weighted by Gasteiger charge is 2.42. The number of carboxylic acid groups (broad SMARTS) is 1. The van der Waals surface area contributed by atoms with Gasteiger partial charge in [-0.05, 0) is 80.7 Å². The fourth-order valence-electron chi connectivity index (χ4n) is 6.53. The molecule has 1 aliphatic heterocycles. The first-order valence-electron chi connectivity index (χ1n) is 15.6. The van der Waals surface area contributed by atoms with Crippen molar-refractivity contribution < 1.29 is 37.0 Å². The van der Waals surface area contributed by atoms with Crippen molar-refractivity contribution in [2.45, 2.75) is 77.5 Å². The van der Waals surface area contributed by atoms with E-state index in [9.17, 15) is 32.3 Å². The number of nitrogens with zero attached hydrogens (tertiary/aromatic N) is 4. The number of benzene rings is 2. The van der Waals surface area contributed by atoms with Crippen molar-refractivity contribution >= 4 is 17.9 Å². The average molecular weight is 643 g/mol. The Labute approximate surface area is 265 Å². The van der Waals surface area contributed by atoms with E-state index in [1.54, 1.807) is 13.1 Å². The van der Waals surface area contributed by atoms with Crippen molar-refractivity contribution in [3.05, 3.63) is 77.1 Å². The molecule has 1 N–H and O–H groups in total. The predicted octanol–water partition coefficient (Wildman–Crippen LogP) is 7.82. The number of hydrogen-bond donors (Lipinski definition) is 1. The summed E-state index contributed by atoms with van der Waals surface area (Å²) in [7, 11) is 0. The molecule has 1 saturated heterocycles. The van der Waals surface area contributed by atoms with Crippen LogP contribution in [0.4, 0.5) is 28.2 Å². The molecule has 1 amide bonds. The molecule has 3 aromatic rings. The van der Waals surface area contributed by atoms with E-state index in [1.165, 1.54) is 11.0 Å². The van der Waals surface area contributed by atoms with Gasteiger partial charge in [0, 0.05) is 25.1 Å². The monoisotopic (exact) mass is 642 g/mol. The Morgan fingerprint density at radius 3 is 2.41 bits per heavy atom. The van der Waals surface area contributed by atoms with Gasteiger partial charge in [0.15, 0.2) is 5.82 Å². The van der Waals surface area contributed by atoms with E-state index in [2.05, 4.69) is 4.90 Å². The Kier molecular flexibility index (Phi) is 10.1. The van der Waals surface area contributed by atoms with Gasteiger partial charge in [0.05, 0.1) is 30.0 Å². The Hall–Kier alpha value is -4.22. The van der Waals surface area contributed by atoms with Crippen LogP contribution >= 0.6 is 0 Å². The number of ether oxygens (including phenoxy) is 1. The van der Waals surface area contributed by atoms with E-state index in [0.29, 0.717) is 36.2 Å². The summed E-state index contributed by atoms with van der Waals surface area (Å²) in [6.45, 7) is 3.89. The zero-order valence-corrected chi connectivity index (χ0v) is 25.8. The normalized spacial score (nSPS) is 21.7. The number of cyclic esters (lactones) is 1. The summed E-state index contributed by atoms with van der Waals surface area (Å²) in [5, 5.41) is 9.18. The quantitative estimate of drug-likeness (QED) is 0.213. The summed E-state index contributed by atoms with van der Waals surface area (Å²) in [5.74, 6) is 0.332. The SMILES string of the molecule is CCN(C[C@H]1CC[C@H](CC(=O)O)CC1)c1ncc(-c2ccccc2)nc1CN1C(=O)OC(c2cc(CF)cc(C(F)(F)F)c2)[C@@H]1C. The number of hydrogen-bond acceptors (Lipinski definition) is 6. The highest BCUT2D eigenvalue weighted by molar-refractivity contribution is 5.71. The lowest BCUT2D eigenvalue weighted by molar-refractivity contribution is -0.139. The van der Waals surface area contributed by atoms with Crippen LogP contribution < -0.4 is 4.90 Å². The van der Waals surface area contributed by atoms with Crippen LogP contribution in [0.1, 0.15) is 74.4 Å². The highest BCUT2D eigenvalue weighted by Crippen LogP contribution is 2.39. The average Bonchev–Trinajstić information content (AvgIpc) is 3.32. The Balaban J connectivity index is 1.43. The highest BCUT2D eigenvalue weighted by atomic mass is 19.4. The van der Waals surface area contributed by atoms with Gasteiger partial charge in [0.1, 0.15) is 18.5 Å². The summed E-state index contributed by atoms with van der Waals surface area (Å²) >= 11 is 0. The third kappa shape index (κ3) is 7.59. The standard InChI is InChI=1S/C34H38F4N4O4/c1-3-41(19-23-11-9-22(10-12-23)15-30(43)44)32-29(40-28(18-39-32)25-7-5-4-6-8-25)20-42-21(2)31(46-33(42)45)26-13-24(17-35)14-27(16-26)34(36,37)38/h4-8,13-14,16,18,21-23,31H,3,9-12,15,17,19-20H2,1-2H3,(H,43,44)/t21-,22-,23-,31?/m0/s1. The first-order chi connectivity index (χ1) is 22.0. The van der Waals surface area contributed by atoms with Crippen molar-refractivity contribution in [2.24, 2.45) is 11.8 Å². The largest absolute Gasteiger partial charge is 0.481 e. The molecule has 246 valence electrons. The van der Waals surface area contributed by atoms with Crippen LogP contribution in [0.5, 0.6) is 0 Å². The lowest BCUT2D eigenvalue weighted by atomic mass is 9.80. The van der Waals surface area contributed by atoms with Gasteiger partial charge in [-0.1, -0.05) is 30.3 Å². The van der Waals surface area contributed by atoms with Crippen molar-refractivity contribution in [3.63, 3.8) is 0 Å². The zero-order valence-electron chi connectivity index (χ0n) is 25.8. The fourth-order valence-corrected chi connectivity index (χ4v) is 6.53. The summed E-state index contributed by atoms with van der Waals surface area (Å²) in [4.78, 5) is 37.7. The molecule has 2 heterocycles. The van der Waals surface area contributed by atoms with E-state index >= 15 is 0 Å². The van der Waals surface area contributed by atoms with Crippen LogP contribution in [-0.2, 0) is 28.9 Å². The van der Waals surface area contributed by atoms with E-state index in [-0.39, 0.29) is 30.0 Å². The number of amides is 1. The molecule has 1 aromatic heterocycles. The molecule has 12 heteroatoms. The number of halogens is 4. The molecule has 5 rings (SSSR count). The molecular formula is C34H38F4N4O4. The number of aliphatic carboxylic acids is 1. The number of carboxylic acids is 1. The number of carbonyl (C=O) groups is 2. The summed E-state index contributed by atoms with van der Waals surface area (Å²) in [5.41, 5.74) is 0.876. The fraction of sp³-hybridized carbons (Fsp3) is 0.471. The molecule has 1 saturated carbocycles. The van der Waals surface area contributed by atoms with Gasteiger partial charge >= 0.3 is 18.2 Å². The molecule has 0 spiro atoms. The van der Waals surface area contributed by atoms with Crippen LogP contribution in [0.3, 0.4) is 0 Å². The van der Waals surface area contributed by atoms with Gasteiger partial charge in [-0.2, -0.15) is 13.2 Å². The summed E-state index contributed by atoms with van der Waals surface area (Å²) in [6, 6.07) is 11.7. The summed E-state index contributed by atoms with van der Waals surface area (Å²) < 4.78 is 59.9. The molecule has 1 aliphatic carbocycles. The number of anilines is 1. The molecule has 0 bridgehead atoms. The molecule has 2 aliphatic rings. The molecule has 8 nitrogen and oxygen atoms in total. The van der Waals surface area contributed by atoms with Gasteiger partial charge in [-0.3, -0.25) is 9.69 Å². The van der Waals surface area contributed by atoms with Gasteiger partial charge in [-0.25, -0.2) is 19.2 Å². The van der Waals surface area contributed by atoms with Crippen LogP contribution in [0.2, 0.25) is 0 Å². The Morgan fingerprint density at radius 2 is 1.78 bits per heavy atom. The van der Waals surface area contributed by atoms with E-state index in [0.717, 1.165) is 43.4 Å². The first-order valence-corrected chi connectivity index (χ1v) is 15.6. The van der Waals surface area contributed by atoms with Crippen LogP contribution in [0, 0.1) is 11.8 Å². The number of rotatable bonds is 11. The van der Waals surface area contributed by atoms with Crippen molar-refractivity contribution in [2.75, 3.05) is 18.0 Å². The first kappa shape index (κ1) is 33.2. The molecule has 46 heavy (non-hydrogen) atoms. The minimum absolute atomic E-state index is 0.00368. The molecule has 1 unspecified atom stereocenters. The van der Waals surface area contributed by atoms with E-state index in [4.69, 9.17) is 14.7 Å². The van der Waals surface area contributed by atoms with Gasteiger partial charge in [-0.15, -0.1) is 0 Å². The van der Waals surface area contributed by atoms with Gasteiger partial charge in [0.2, 0.25) is 0 Å². The maximum absolute atomic E-state index is 13.6. The van der Waals surface area contributed by atoms with Crippen molar-refractivity contribution in [1.29, 1.82) is 0 Å². The molecular weight excluding hydrogens is 604 g/mol. The lowest BCUT2D eigenvalue weighted by Gasteiger charge is -2.33. The van der Waals surface area contributed by atoms with Crippen molar-refractivity contribution in [1.82, 2.24) is 14.9 Å². The smallest absolute Gasteiger partial charge is 0.416 e. The second-order valence-corrected chi connectivity index (χ2v) is 12.2. The Morgan fingerprint density at radius 1 is 1.09 bits per heavy atom. The lowest BCUT2D eigenvalue weighted by Crippen LogP contribution is -2.36. The number of carbonyl (C=O) groups excluding carboxylic acids is 1. The number of aromatic nitrogens is 2. The second-order valence-electron chi connectivity index (χ2n) is 12.2. The van der Waals surface area contributed by atoms with Crippen LogP contribution in [0.15, 0.2) is 54.7 Å². The third-order valence-corrected chi connectivity index (χ3v) is 9.02. The molecule has 2 fully saturated rings. The molecule has 2 atom stereocenters. The molecule has 0 radical (unpaired) electrons. The predicted molar refractivity (Wildman–Crippen MR) is 164 cm³/mol. The summed E-state index contributed by atoms with van der Waals surface area (Å²) in [6.07, 6.45) is -1.09. The van der Waals surface area contributed by atoms with Gasteiger partial charge in [0.25, 0.3) is 0 Å². The van der Waals surface area contributed by atoms with Crippen LogP contribution in [0.25, 0.3) is 11.3 Å².